The fourth-order valence-corrected chi connectivity index (χ4v) is 5.48. The molecular weight excluding hydrogens is 341 g/mol. The summed E-state index contributed by atoms with van der Waals surface area (Å²) in [5, 5.41) is 10.6. The Balaban J connectivity index is 2.58. The number of phenols is 1. The number of rotatable bonds is 3. The van der Waals surface area contributed by atoms with Crippen LogP contribution in [0, 0.1) is 0 Å². The van der Waals surface area contributed by atoms with Gasteiger partial charge < -0.3 is 5.11 Å². The van der Waals surface area contributed by atoms with Crippen molar-refractivity contribution in [3.05, 3.63) is 36.4 Å². The molecular formula is C13H13F3O4S2. The van der Waals surface area contributed by atoms with Gasteiger partial charge in [-0.2, -0.15) is 21.6 Å². The fourth-order valence-electron chi connectivity index (χ4n) is 1.98. The fraction of sp³-hybridized carbons (Fsp3) is 0.231. The molecule has 0 fully saturated rings. The smallest absolute Gasteiger partial charge is 0.507 e. The van der Waals surface area contributed by atoms with Crippen molar-refractivity contribution in [1.82, 2.24) is 0 Å². The highest BCUT2D eigenvalue weighted by molar-refractivity contribution is 8.32. The van der Waals surface area contributed by atoms with Crippen molar-refractivity contribution in [3.63, 3.8) is 0 Å². The summed E-state index contributed by atoms with van der Waals surface area (Å²) in [6.07, 6.45) is 2.60. The molecule has 2 rings (SSSR count). The molecule has 2 aromatic rings. The Morgan fingerprint density at radius 3 is 2.09 bits per heavy atom. The van der Waals surface area contributed by atoms with Gasteiger partial charge in [-0.05, 0) is 30.0 Å². The molecule has 9 heteroatoms. The van der Waals surface area contributed by atoms with E-state index in [9.17, 15) is 26.7 Å². The summed E-state index contributed by atoms with van der Waals surface area (Å²) in [6, 6.07) is 9.14. The van der Waals surface area contributed by atoms with E-state index in [2.05, 4.69) is 3.63 Å². The summed E-state index contributed by atoms with van der Waals surface area (Å²) >= 11 is 0. The summed E-state index contributed by atoms with van der Waals surface area (Å²) in [5.41, 5.74) is -5.48. The summed E-state index contributed by atoms with van der Waals surface area (Å²) in [4.78, 5) is 0.300. The van der Waals surface area contributed by atoms with Crippen LogP contribution < -0.4 is 0 Å². The molecule has 0 atom stereocenters. The van der Waals surface area contributed by atoms with Gasteiger partial charge in [0.05, 0.1) is 0 Å². The molecule has 0 aliphatic rings. The van der Waals surface area contributed by atoms with Crippen LogP contribution in [0.1, 0.15) is 0 Å². The number of hydrogen-bond donors (Lipinski definition) is 1. The molecule has 0 unspecified atom stereocenters. The van der Waals surface area contributed by atoms with E-state index in [1.165, 1.54) is 24.6 Å². The normalized spacial score (nSPS) is 14.2. The van der Waals surface area contributed by atoms with E-state index >= 15 is 0 Å². The predicted molar refractivity (Wildman–Crippen MR) is 79.4 cm³/mol. The largest absolute Gasteiger partial charge is 0.523 e. The number of aromatic hydroxyl groups is 1. The van der Waals surface area contributed by atoms with E-state index in [1.807, 2.05) is 0 Å². The third kappa shape index (κ3) is 3.01. The first-order valence-corrected chi connectivity index (χ1v) is 9.70. The summed E-state index contributed by atoms with van der Waals surface area (Å²) in [7, 11) is -8.47. The molecule has 0 saturated carbocycles. The Morgan fingerprint density at radius 1 is 1.00 bits per heavy atom. The minimum Gasteiger partial charge on any atom is -0.507 e. The van der Waals surface area contributed by atoms with E-state index in [1.54, 1.807) is 24.3 Å². The predicted octanol–water partition coefficient (Wildman–Crippen LogP) is 3.75. The molecule has 4 nitrogen and oxygen atoms in total. The molecule has 0 aliphatic heterocycles. The molecule has 122 valence electrons. The van der Waals surface area contributed by atoms with Gasteiger partial charge in [0.25, 0.3) is 0 Å². The molecule has 0 aliphatic carbocycles. The molecule has 0 amide bonds. The number of hydrogen-bond acceptors (Lipinski definition) is 4. The lowest BCUT2D eigenvalue weighted by atomic mass is 10.1. The highest BCUT2D eigenvalue weighted by atomic mass is 32.3. The second kappa shape index (κ2) is 5.32. The van der Waals surface area contributed by atoms with Crippen molar-refractivity contribution < 1.29 is 30.3 Å². The van der Waals surface area contributed by atoms with Crippen molar-refractivity contribution in [2.24, 2.45) is 0 Å². The second-order valence-corrected chi connectivity index (χ2v) is 9.65. The Kier molecular flexibility index (Phi) is 4.09. The maximum atomic E-state index is 12.5. The van der Waals surface area contributed by atoms with Gasteiger partial charge in [0, 0.05) is 10.3 Å². The maximum Gasteiger partial charge on any atom is 0.523 e. The number of fused-ring (bicyclic) bond motifs is 1. The van der Waals surface area contributed by atoms with Crippen molar-refractivity contribution >= 4 is 31.2 Å². The Labute approximate surface area is 127 Å². The first kappa shape index (κ1) is 16.9. The van der Waals surface area contributed by atoms with Crippen LogP contribution in [-0.2, 0) is 13.7 Å². The van der Waals surface area contributed by atoms with Gasteiger partial charge in [-0.25, -0.2) is 3.63 Å². The van der Waals surface area contributed by atoms with Crippen LogP contribution in [-0.4, -0.2) is 31.5 Å². The molecule has 0 spiro atoms. The lowest BCUT2D eigenvalue weighted by molar-refractivity contribution is -0.0495. The Hall–Kier alpha value is -1.45. The third-order valence-electron chi connectivity index (χ3n) is 2.93. The van der Waals surface area contributed by atoms with E-state index in [4.69, 9.17) is 0 Å². The zero-order chi connectivity index (χ0) is 16.8. The summed E-state index contributed by atoms with van der Waals surface area (Å²) in [5.74, 6) is -0.0479. The van der Waals surface area contributed by atoms with Crippen LogP contribution in [0.15, 0.2) is 41.3 Å². The van der Waals surface area contributed by atoms with Crippen LogP contribution in [0.4, 0.5) is 13.2 Å². The Bertz CT molecular complexity index is 814. The minimum absolute atomic E-state index is 0.0479. The monoisotopic (exact) mass is 354 g/mol. The number of halogens is 3. The van der Waals surface area contributed by atoms with Gasteiger partial charge in [0.1, 0.15) is 5.75 Å². The minimum atomic E-state index is -5.71. The van der Waals surface area contributed by atoms with E-state index in [0.29, 0.717) is 15.7 Å². The van der Waals surface area contributed by atoms with Crippen molar-refractivity contribution in [2.45, 2.75) is 10.4 Å². The lowest BCUT2D eigenvalue weighted by Crippen LogP contribution is -2.26. The van der Waals surface area contributed by atoms with Gasteiger partial charge in [-0.1, -0.05) is 34.6 Å². The lowest BCUT2D eigenvalue weighted by Gasteiger charge is -2.31. The van der Waals surface area contributed by atoms with E-state index in [-0.39, 0.29) is 5.75 Å². The highest BCUT2D eigenvalue weighted by Gasteiger charge is 2.50. The van der Waals surface area contributed by atoms with Gasteiger partial charge >= 0.3 is 15.6 Å². The summed E-state index contributed by atoms with van der Waals surface area (Å²) < 4.78 is 64.6. The van der Waals surface area contributed by atoms with Crippen LogP contribution >= 0.6 is 10.3 Å². The molecule has 22 heavy (non-hydrogen) atoms. The second-order valence-electron chi connectivity index (χ2n) is 4.83. The average molecular weight is 354 g/mol. The molecule has 0 radical (unpaired) electrons. The first-order chi connectivity index (χ1) is 9.96. The molecule has 2 aromatic carbocycles. The molecule has 0 heterocycles. The van der Waals surface area contributed by atoms with Crippen LogP contribution in [0.3, 0.4) is 0 Å². The van der Waals surface area contributed by atoms with Gasteiger partial charge in [0.15, 0.2) is 0 Å². The van der Waals surface area contributed by atoms with Crippen LogP contribution in [0.2, 0.25) is 0 Å². The SMILES string of the molecule is CS(C)(OS(=O)(=O)C(F)(F)F)c1ccc(O)c2ccccc12. The zero-order valence-corrected chi connectivity index (χ0v) is 13.2. The molecule has 0 saturated heterocycles. The molecule has 0 aromatic heterocycles. The number of phenolic OH excluding ortho intramolecular Hbond substituents is 1. The standard InChI is InChI=1S/C13H13F3O4S2/c1-21(2,20-22(18,19)13(14,15)16)12-8-7-11(17)9-5-3-4-6-10(9)12/h3-8,17H,1-2H3. The zero-order valence-electron chi connectivity index (χ0n) is 11.6. The highest BCUT2D eigenvalue weighted by Crippen LogP contribution is 2.56. The van der Waals surface area contributed by atoms with Gasteiger partial charge in [-0.15, -0.1) is 0 Å². The molecule has 1 N–H and O–H groups in total. The maximum absolute atomic E-state index is 12.5. The van der Waals surface area contributed by atoms with Gasteiger partial charge in [-0.3, -0.25) is 0 Å². The van der Waals surface area contributed by atoms with Gasteiger partial charge in [0.2, 0.25) is 0 Å². The van der Waals surface area contributed by atoms with E-state index < -0.39 is 25.9 Å². The van der Waals surface area contributed by atoms with Crippen molar-refractivity contribution in [2.75, 3.05) is 12.5 Å². The molecule has 0 bridgehead atoms. The van der Waals surface area contributed by atoms with Crippen molar-refractivity contribution in [3.8, 4) is 5.75 Å². The van der Waals surface area contributed by atoms with E-state index in [0.717, 1.165) is 0 Å². The summed E-state index contributed by atoms with van der Waals surface area (Å²) in [6.45, 7) is 0. The number of alkyl halides is 3. The average Bonchev–Trinajstić information content (AvgIpc) is 2.36. The third-order valence-corrected chi connectivity index (χ3v) is 6.99. The Morgan fingerprint density at radius 2 is 1.55 bits per heavy atom. The van der Waals surface area contributed by atoms with Crippen molar-refractivity contribution in [1.29, 1.82) is 0 Å². The quantitative estimate of drug-likeness (QED) is 0.853. The topological polar surface area (TPSA) is 63.6 Å². The first-order valence-electron chi connectivity index (χ1n) is 5.92. The van der Waals surface area contributed by atoms with Crippen LogP contribution in [0.5, 0.6) is 5.75 Å². The van der Waals surface area contributed by atoms with Crippen LogP contribution in [0.25, 0.3) is 10.8 Å². The number of benzene rings is 2.